The number of hydrogen-bond acceptors (Lipinski definition) is 4. The highest BCUT2D eigenvalue weighted by Crippen LogP contribution is 2.30. The first kappa shape index (κ1) is 22.1. The molecule has 1 fully saturated rings. The van der Waals surface area contributed by atoms with E-state index in [4.69, 9.17) is 11.6 Å². The van der Waals surface area contributed by atoms with Crippen LogP contribution in [-0.4, -0.2) is 40.2 Å². The standard InChI is InChI=1S/C26H27ClN4OS/c1-18-22-15-24(33-26(22)31(29-18)21-8-3-2-4-9-21)25(32)28-16-19-11-13-30(14-12-19)17-20-7-5-6-10-23(20)27/h2-10,15,19H,11-14,16-17H2,1H3,(H,28,32). The van der Waals surface area contributed by atoms with Gasteiger partial charge >= 0.3 is 0 Å². The summed E-state index contributed by atoms with van der Waals surface area (Å²) in [7, 11) is 0. The Morgan fingerprint density at radius 2 is 1.85 bits per heavy atom. The maximum absolute atomic E-state index is 12.9. The van der Waals surface area contributed by atoms with Crippen LogP contribution < -0.4 is 5.32 Å². The van der Waals surface area contributed by atoms with E-state index in [1.165, 1.54) is 16.9 Å². The van der Waals surface area contributed by atoms with Crippen molar-refractivity contribution in [2.45, 2.75) is 26.3 Å². The van der Waals surface area contributed by atoms with Gasteiger partial charge in [-0.3, -0.25) is 9.69 Å². The van der Waals surface area contributed by atoms with E-state index in [9.17, 15) is 4.79 Å². The summed E-state index contributed by atoms with van der Waals surface area (Å²) >= 11 is 7.82. The molecule has 5 rings (SSSR count). The molecule has 0 radical (unpaired) electrons. The molecule has 0 spiro atoms. The molecule has 1 saturated heterocycles. The number of aryl methyl sites for hydroxylation is 1. The topological polar surface area (TPSA) is 50.2 Å². The van der Waals surface area contributed by atoms with Crippen LogP contribution in [0.4, 0.5) is 0 Å². The van der Waals surface area contributed by atoms with Crippen LogP contribution in [0, 0.1) is 12.8 Å². The van der Waals surface area contributed by atoms with Crippen molar-refractivity contribution in [3.63, 3.8) is 0 Å². The third-order valence-corrected chi connectivity index (χ3v) is 7.86. The minimum absolute atomic E-state index is 0.00806. The molecular weight excluding hydrogens is 452 g/mol. The number of aromatic nitrogens is 2. The number of thiophene rings is 1. The van der Waals surface area contributed by atoms with Crippen molar-refractivity contribution < 1.29 is 4.79 Å². The maximum Gasteiger partial charge on any atom is 0.261 e. The van der Waals surface area contributed by atoms with E-state index in [-0.39, 0.29) is 5.91 Å². The summed E-state index contributed by atoms with van der Waals surface area (Å²) in [6, 6.07) is 20.1. The Kier molecular flexibility index (Phi) is 6.49. The normalized spacial score (nSPS) is 15.2. The summed E-state index contributed by atoms with van der Waals surface area (Å²) in [6.07, 6.45) is 2.17. The average molecular weight is 479 g/mol. The summed E-state index contributed by atoms with van der Waals surface area (Å²) < 4.78 is 1.93. The smallest absolute Gasteiger partial charge is 0.261 e. The van der Waals surface area contributed by atoms with Gasteiger partial charge in [0.05, 0.1) is 16.3 Å². The minimum Gasteiger partial charge on any atom is -0.351 e. The second-order valence-electron chi connectivity index (χ2n) is 8.68. The molecule has 1 amide bonds. The Labute approximate surface area is 203 Å². The lowest BCUT2D eigenvalue weighted by molar-refractivity contribution is 0.0939. The van der Waals surface area contributed by atoms with Crippen LogP contribution in [0.3, 0.4) is 0 Å². The van der Waals surface area contributed by atoms with Crippen LogP contribution in [0.2, 0.25) is 5.02 Å². The van der Waals surface area contributed by atoms with Gasteiger partial charge in [-0.2, -0.15) is 5.10 Å². The molecule has 0 atom stereocenters. The zero-order valence-corrected chi connectivity index (χ0v) is 20.2. The van der Waals surface area contributed by atoms with Crippen LogP contribution >= 0.6 is 22.9 Å². The fourth-order valence-electron chi connectivity index (χ4n) is 4.44. The second-order valence-corrected chi connectivity index (χ2v) is 10.1. The molecule has 0 bridgehead atoms. The molecule has 2 aromatic carbocycles. The summed E-state index contributed by atoms with van der Waals surface area (Å²) in [6.45, 7) is 5.66. The highest BCUT2D eigenvalue weighted by atomic mass is 35.5. The predicted octanol–water partition coefficient (Wildman–Crippen LogP) is 5.69. The first-order valence-electron chi connectivity index (χ1n) is 11.4. The van der Waals surface area contributed by atoms with E-state index >= 15 is 0 Å². The monoisotopic (exact) mass is 478 g/mol. The summed E-state index contributed by atoms with van der Waals surface area (Å²) in [5, 5.41) is 9.72. The van der Waals surface area contributed by atoms with Crippen LogP contribution in [0.5, 0.6) is 0 Å². The van der Waals surface area contributed by atoms with E-state index in [0.29, 0.717) is 5.92 Å². The number of amides is 1. The number of piperidine rings is 1. The van der Waals surface area contributed by atoms with Gasteiger partial charge in [0.25, 0.3) is 5.91 Å². The van der Waals surface area contributed by atoms with E-state index in [2.05, 4.69) is 21.4 Å². The van der Waals surface area contributed by atoms with Crippen molar-refractivity contribution in [2.24, 2.45) is 5.92 Å². The molecule has 170 valence electrons. The van der Waals surface area contributed by atoms with Crippen molar-refractivity contribution in [1.82, 2.24) is 20.0 Å². The van der Waals surface area contributed by atoms with Crippen molar-refractivity contribution in [3.8, 4) is 5.69 Å². The lowest BCUT2D eigenvalue weighted by Gasteiger charge is -2.32. The van der Waals surface area contributed by atoms with E-state index in [0.717, 1.165) is 70.5 Å². The zero-order chi connectivity index (χ0) is 22.8. The quantitative estimate of drug-likeness (QED) is 0.387. The number of likely N-dealkylation sites (tertiary alicyclic amines) is 1. The number of rotatable bonds is 6. The Balaban J connectivity index is 1.18. The molecule has 2 aromatic heterocycles. The number of halogens is 1. The number of fused-ring (bicyclic) bond motifs is 1. The maximum atomic E-state index is 12.9. The molecule has 33 heavy (non-hydrogen) atoms. The zero-order valence-electron chi connectivity index (χ0n) is 18.6. The van der Waals surface area contributed by atoms with E-state index in [1.54, 1.807) is 0 Å². The molecule has 0 unspecified atom stereocenters. The van der Waals surface area contributed by atoms with Crippen molar-refractivity contribution in [1.29, 1.82) is 0 Å². The van der Waals surface area contributed by atoms with Gasteiger partial charge in [0.1, 0.15) is 4.83 Å². The van der Waals surface area contributed by atoms with Gasteiger partial charge in [-0.05, 0) is 68.6 Å². The number of carbonyl (C=O) groups excluding carboxylic acids is 1. The third-order valence-electron chi connectivity index (χ3n) is 6.38. The number of para-hydroxylation sites is 1. The minimum atomic E-state index is 0.00806. The fourth-order valence-corrected chi connectivity index (χ4v) is 5.74. The van der Waals surface area contributed by atoms with E-state index in [1.807, 2.05) is 66.2 Å². The first-order valence-corrected chi connectivity index (χ1v) is 12.6. The van der Waals surface area contributed by atoms with Gasteiger partial charge in [-0.15, -0.1) is 11.3 Å². The number of benzene rings is 2. The molecular formula is C26H27ClN4OS. The Bertz CT molecular complexity index is 1260. The Hall–Kier alpha value is -2.67. The molecule has 1 aliphatic rings. The number of nitrogens with one attached hydrogen (secondary N) is 1. The molecule has 3 heterocycles. The van der Waals surface area contributed by atoms with Gasteiger partial charge in [-0.1, -0.05) is 48.0 Å². The highest BCUT2D eigenvalue weighted by Gasteiger charge is 2.22. The van der Waals surface area contributed by atoms with Gasteiger partial charge < -0.3 is 5.32 Å². The molecule has 5 nitrogen and oxygen atoms in total. The van der Waals surface area contributed by atoms with E-state index < -0.39 is 0 Å². The average Bonchev–Trinajstić information content (AvgIpc) is 3.41. The SMILES string of the molecule is Cc1nn(-c2ccccc2)c2sc(C(=O)NCC3CCN(Cc4ccccc4Cl)CC3)cc12. The third kappa shape index (κ3) is 4.83. The first-order chi connectivity index (χ1) is 16.1. The van der Waals surface area contributed by atoms with Crippen molar-refractivity contribution >= 4 is 39.1 Å². The summed E-state index contributed by atoms with van der Waals surface area (Å²) in [5.41, 5.74) is 3.13. The Morgan fingerprint density at radius 3 is 2.61 bits per heavy atom. The molecule has 1 aliphatic heterocycles. The van der Waals surface area contributed by atoms with Gasteiger partial charge in [0, 0.05) is 23.5 Å². The lowest BCUT2D eigenvalue weighted by Crippen LogP contribution is -2.38. The number of hydrogen-bond donors (Lipinski definition) is 1. The van der Waals surface area contributed by atoms with Crippen LogP contribution in [-0.2, 0) is 6.54 Å². The van der Waals surface area contributed by atoms with Crippen molar-refractivity contribution in [2.75, 3.05) is 19.6 Å². The highest BCUT2D eigenvalue weighted by molar-refractivity contribution is 7.20. The molecule has 1 N–H and O–H groups in total. The number of nitrogens with zero attached hydrogens (tertiary/aromatic N) is 3. The van der Waals surface area contributed by atoms with Crippen molar-refractivity contribution in [3.05, 3.63) is 81.8 Å². The summed E-state index contributed by atoms with van der Waals surface area (Å²) in [4.78, 5) is 17.1. The molecule has 4 aromatic rings. The van der Waals surface area contributed by atoms with Gasteiger partial charge in [-0.25, -0.2) is 4.68 Å². The van der Waals surface area contributed by atoms with Gasteiger partial charge in [0.15, 0.2) is 0 Å². The molecule has 7 heteroatoms. The van der Waals surface area contributed by atoms with Crippen LogP contribution in [0.25, 0.3) is 15.9 Å². The largest absolute Gasteiger partial charge is 0.351 e. The summed E-state index contributed by atoms with van der Waals surface area (Å²) in [5.74, 6) is 0.515. The molecule has 0 saturated carbocycles. The molecule has 0 aliphatic carbocycles. The van der Waals surface area contributed by atoms with Crippen LogP contribution in [0.1, 0.15) is 33.8 Å². The van der Waals surface area contributed by atoms with Gasteiger partial charge in [0.2, 0.25) is 0 Å². The van der Waals surface area contributed by atoms with Crippen LogP contribution in [0.15, 0.2) is 60.7 Å². The Morgan fingerprint density at radius 1 is 1.12 bits per heavy atom. The number of carbonyl (C=O) groups is 1. The fraction of sp³-hybridized carbons (Fsp3) is 0.308. The lowest BCUT2D eigenvalue weighted by atomic mass is 9.96. The predicted molar refractivity (Wildman–Crippen MR) is 135 cm³/mol. The second kappa shape index (κ2) is 9.67.